The zero-order valence-electron chi connectivity index (χ0n) is 12.1. The van der Waals surface area contributed by atoms with Gasteiger partial charge in [-0.15, -0.1) is 0 Å². The van der Waals surface area contributed by atoms with Crippen LogP contribution in [0, 0.1) is 17.3 Å². The molecule has 2 N–H and O–H groups in total. The third-order valence-electron chi connectivity index (χ3n) is 4.33. The van der Waals surface area contributed by atoms with Crippen molar-refractivity contribution in [1.82, 2.24) is 5.32 Å². The van der Waals surface area contributed by atoms with Crippen molar-refractivity contribution in [1.29, 1.82) is 0 Å². The molecule has 2 heteroatoms. The average molecular weight is 241 g/mol. The highest BCUT2D eigenvalue weighted by atomic mass is 16.3. The maximum atomic E-state index is 8.87. The molecule has 1 aliphatic rings. The van der Waals surface area contributed by atoms with Crippen molar-refractivity contribution in [3.05, 3.63) is 0 Å². The first-order chi connectivity index (χ1) is 7.93. The molecule has 2 nitrogen and oxygen atoms in total. The van der Waals surface area contributed by atoms with Crippen molar-refractivity contribution in [2.75, 3.05) is 13.2 Å². The average Bonchev–Trinajstić information content (AvgIpc) is 2.26. The molecule has 1 unspecified atom stereocenters. The molecular weight excluding hydrogens is 210 g/mol. The van der Waals surface area contributed by atoms with Crippen molar-refractivity contribution in [3.63, 3.8) is 0 Å². The molecule has 0 spiro atoms. The Morgan fingerprint density at radius 3 is 2.24 bits per heavy atom. The van der Waals surface area contributed by atoms with E-state index in [9.17, 15) is 0 Å². The molecule has 0 aromatic rings. The minimum Gasteiger partial charge on any atom is -0.396 e. The van der Waals surface area contributed by atoms with Gasteiger partial charge in [0.05, 0.1) is 0 Å². The van der Waals surface area contributed by atoms with E-state index in [0.717, 1.165) is 24.9 Å². The van der Waals surface area contributed by atoms with E-state index in [0.29, 0.717) is 17.9 Å². The number of nitrogens with one attached hydrogen (secondary N) is 1. The van der Waals surface area contributed by atoms with Crippen LogP contribution in [-0.4, -0.2) is 24.3 Å². The predicted octanol–water partition coefficient (Wildman–Crippen LogP) is 3.20. The lowest BCUT2D eigenvalue weighted by Crippen LogP contribution is -2.38. The standard InChI is InChI=1S/C15H31NO/c1-12(9-10-17)11-16-14-7-5-13(6-8-14)15(2,3)4/h12-14,16-17H,5-11H2,1-4H3. The Balaban J connectivity index is 2.19. The van der Waals surface area contributed by atoms with Gasteiger partial charge in [0.1, 0.15) is 0 Å². The van der Waals surface area contributed by atoms with E-state index in [1.165, 1.54) is 25.7 Å². The fraction of sp³-hybridized carbons (Fsp3) is 1.00. The van der Waals surface area contributed by atoms with Crippen LogP contribution in [-0.2, 0) is 0 Å². The van der Waals surface area contributed by atoms with Crippen LogP contribution in [0.15, 0.2) is 0 Å². The third-order valence-corrected chi connectivity index (χ3v) is 4.33. The first-order valence-corrected chi connectivity index (χ1v) is 7.27. The van der Waals surface area contributed by atoms with Gasteiger partial charge in [-0.25, -0.2) is 0 Å². The summed E-state index contributed by atoms with van der Waals surface area (Å²) in [6, 6.07) is 0.717. The Morgan fingerprint density at radius 2 is 1.76 bits per heavy atom. The minimum atomic E-state index is 0.319. The monoisotopic (exact) mass is 241 g/mol. The lowest BCUT2D eigenvalue weighted by molar-refractivity contribution is 0.157. The van der Waals surface area contributed by atoms with Gasteiger partial charge < -0.3 is 10.4 Å². The highest BCUT2D eigenvalue weighted by Crippen LogP contribution is 2.37. The number of hydrogen-bond donors (Lipinski definition) is 2. The van der Waals surface area contributed by atoms with Gasteiger partial charge in [-0.3, -0.25) is 0 Å². The summed E-state index contributed by atoms with van der Waals surface area (Å²) in [6.07, 6.45) is 6.32. The van der Waals surface area contributed by atoms with Crippen LogP contribution in [0.1, 0.15) is 59.8 Å². The minimum absolute atomic E-state index is 0.319. The second-order valence-electron chi connectivity index (χ2n) is 6.94. The summed E-state index contributed by atoms with van der Waals surface area (Å²) in [7, 11) is 0. The van der Waals surface area contributed by atoms with E-state index in [1.54, 1.807) is 0 Å². The Morgan fingerprint density at radius 1 is 1.18 bits per heavy atom. The number of aliphatic hydroxyl groups is 1. The number of rotatable bonds is 5. The molecule has 0 bridgehead atoms. The lowest BCUT2D eigenvalue weighted by atomic mass is 9.71. The van der Waals surface area contributed by atoms with Crippen molar-refractivity contribution in [2.45, 2.75) is 65.8 Å². The summed E-state index contributed by atoms with van der Waals surface area (Å²) in [5.74, 6) is 1.50. The maximum absolute atomic E-state index is 8.87. The zero-order chi connectivity index (χ0) is 12.9. The van der Waals surface area contributed by atoms with E-state index >= 15 is 0 Å². The number of aliphatic hydroxyl groups excluding tert-OH is 1. The quantitative estimate of drug-likeness (QED) is 0.775. The van der Waals surface area contributed by atoms with E-state index in [2.05, 4.69) is 33.0 Å². The van der Waals surface area contributed by atoms with Gasteiger partial charge in [-0.2, -0.15) is 0 Å². The number of hydrogen-bond acceptors (Lipinski definition) is 2. The topological polar surface area (TPSA) is 32.3 Å². The van der Waals surface area contributed by atoms with Crippen LogP contribution in [0.3, 0.4) is 0 Å². The van der Waals surface area contributed by atoms with E-state index in [1.807, 2.05) is 0 Å². The molecule has 1 aliphatic carbocycles. The van der Waals surface area contributed by atoms with Crippen LogP contribution >= 0.6 is 0 Å². The van der Waals surface area contributed by atoms with Gasteiger partial charge in [0.2, 0.25) is 0 Å². The normalized spacial score (nSPS) is 28.1. The van der Waals surface area contributed by atoms with E-state index in [4.69, 9.17) is 5.11 Å². The summed E-state index contributed by atoms with van der Waals surface area (Å²) in [5.41, 5.74) is 0.481. The molecule has 1 saturated carbocycles. The molecular formula is C15H31NO. The molecule has 1 fully saturated rings. The molecule has 0 amide bonds. The lowest BCUT2D eigenvalue weighted by Gasteiger charge is -2.37. The highest BCUT2D eigenvalue weighted by Gasteiger charge is 2.29. The summed E-state index contributed by atoms with van der Waals surface area (Å²) < 4.78 is 0. The molecule has 0 aromatic heterocycles. The highest BCUT2D eigenvalue weighted by molar-refractivity contribution is 4.83. The summed E-state index contributed by atoms with van der Waals surface area (Å²) in [6.45, 7) is 10.7. The van der Waals surface area contributed by atoms with Gasteiger partial charge in [-0.1, -0.05) is 27.7 Å². The maximum Gasteiger partial charge on any atom is 0.0434 e. The largest absolute Gasteiger partial charge is 0.396 e. The first-order valence-electron chi connectivity index (χ1n) is 7.27. The van der Waals surface area contributed by atoms with E-state index < -0.39 is 0 Å². The molecule has 0 heterocycles. The second kappa shape index (κ2) is 6.75. The molecule has 0 saturated heterocycles. The van der Waals surface area contributed by atoms with Crippen LogP contribution < -0.4 is 5.32 Å². The second-order valence-corrected chi connectivity index (χ2v) is 6.94. The fourth-order valence-corrected chi connectivity index (χ4v) is 2.85. The first kappa shape index (κ1) is 15.0. The zero-order valence-corrected chi connectivity index (χ0v) is 12.1. The van der Waals surface area contributed by atoms with Crippen molar-refractivity contribution < 1.29 is 5.11 Å². The van der Waals surface area contributed by atoms with Crippen molar-refractivity contribution in [3.8, 4) is 0 Å². The van der Waals surface area contributed by atoms with Crippen LogP contribution in [0.25, 0.3) is 0 Å². The SMILES string of the molecule is CC(CCO)CNC1CCC(C(C)(C)C)CC1. The van der Waals surface area contributed by atoms with Crippen LogP contribution in [0.4, 0.5) is 0 Å². The van der Waals surface area contributed by atoms with E-state index in [-0.39, 0.29) is 0 Å². The molecule has 0 aliphatic heterocycles. The van der Waals surface area contributed by atoms with Gasteiger partial charge in [0.15, 0.2) is 0 Å². The summed E-state index contributed by atoms with van der Waals surface area (Å²) in [4.78, 5) is 0. The van der Waals surface area contributed by atoms with Crippen molar-refractivity contribution >= 4 is 0 Å². The fourth-order valence-electron chi connectivity index (χ4n) is 2.85. The van der Waals surface area contributed by atoms with Gasteiger partial charge in [0, 0.05) is 12.6 Å². The van der Waals surface area contributed by atoms with Gasteiger partial charge >= 0.3 is 0 Å². The van der Waals surface area contributed by atoms with Crippen LogP contribution in [0.5, 0.6) is 0 Å². The molecule has 0 radical (unpaired) electrons. The summed E-state index contributed by atoms with van der Waals surface area (Å²) >= 11 is 0. The van der Waals surface area contributed by atoms with Gasteiger partial charge in [0.25, 0.3) is 0 Å². The molecule has 1 rings (SSSR count). The molecule has 1 atom stereocenters. The smallest absolute Gasteiger partial charge is 0.0434 e. The Labute approximate surface area is 107 Å². The Hall–Kier alpha value is -0.0800. The third kappa shape index (κ3) is 5.39. The predicted molar refractivity (Wildman–Crippen MR) is 74.1 cm³/mol. The molecule has 0 aromatic carbocycles. The van der Waals surface area contributed by atoms with Crippen molar-refractivity contribution in [2.24, 2.45) is 17.3 Å². The Bertz CT molecular complexity index is 201. The molecule has 102 valence electrons. The van der Waals surface area contributed by atoms with Crippen LogP contribution in [0.2, 0.25) is 0 Å². The van der Waals surface area contributed by atoms with Gasteiger partial charge in [-0.05, 0) is 55.9 Å². The summed E-state index contributed by atoms with van der Waals surface area (Å²) in [5, 5.41) is 12.5. The molecule has 17 heavy (non-hydrogen) atoms. The Kier molecular flexibility index (Phi) is 5.94.